The number of amides is 1. The van der Waals surface area contributed by atoms with Gasteiger partial charge in [-0.15, -0.1) is 0 Å². The lowest BCUT2D eigenvalue weighted by atomic mass is 9.80. The molecule has 3 heterocycles. The molecule has 4 aromatic rings. The van der Waals surface area contributed by atoms with Gasteiger partial charge in [-0.3, -0.25) is 4.57 Å². The molecule has 2 atom stereocenters. The van der Waals surface area contributed by atoms with Gasteiger partial charge in [-0.1, -0.05) is 0 Å². The molecule has 0 spiro atoms. The Hall–Kier alpha value is -4.09. The van der Waals surface area contributed by atoms with Gasteiger partial charge in [0.2, 0.25) is 0 Å². The number of carbonyl (C=O) groups excluding carboxylic acids is 1. The highest BCUT2D eigenvalue weighted by Gasteiger charge is 2.36. The van der Waals surface area contributed by atoms with Gasteiger partial charge in [-0.05, 0) is 44.5 Å². The molecule has 3 aromatic heterocycles. The molecular formula is C25H25F3N6O3. The summed E-state index contributed by atoms with van der Waals surface area (Å²) in [6.07, 6.45) is 1.47. The van der Waals surface area contributed by atoms with Gasteiger partial charge in [0.25, 0.3) is 0 Å². The Morgan fingerprint density at radius 2 is 1.86 bits per heavy atom. The minimum Gasteiger partial charge on any atom is -0.444 e. The van der Waals surface area contributed by atoms with Gasteiger partial charge >= 0.3 is 11.8 Å². The van der Waals surface area contributed by atoms with Crippen LogP contribution in [0.1, 0.15) is 43.6 Å². The van der Waals surface area contributed by atoms with Crippen molar-refractivity contribution in [1.29, 1.82) is 0 Å². The fourth-order valence-corrected chi connectivity index (χ4v) is 4.73. The molecule has 0 saturated heterocycles. The first-order valence-corrected chi connectivity index (χ1v) is 11.7. The van der Waals surface area contributed by atoms with Crippen molar-refractivity contribution >= 4 is 11.7 Å². The molecule has 0 fully saturated rings. The first kappa shape index (κ1) is 24.6. The topological polar surface area (TPSA) is 106 Å². The zero-order valence-electron chi connectivity index (χ0n) is 20.6. The molecule has 194 valence electrons. The maximum atomic E-state index is 14.8. The number of rotatable bonds is 3. The number of ether oxygens (including phenoxy) is 1. The van der Waals surface area contributed by atoms with E-state index in [1.807, 2.05) is 4.40 Å². The van der Waals surface area contributed by atoms with Crippen molar-refractivity contribution in [3.8, 4) is 11.4 Å². The number of alkyl carbamates (subject to hydrolysis) is 1. The van der Waals surface area contributed by atoms with Crippen LogP contribution >= 0.6 is 0 Å². The molecule has 1 aliphatic carbocycles. The van der Waals surface area contributed by atoms with Crippen LogP contribution in [0.25, 0.3) is 17.0 Å². The third-order valence-corrected chi connectivity index (χ3v) is 6.40. The first-order chi connectivity index (χ1) is 17.4. The molecule has 9 nitrogen and oxygen atoms in total. The van der Waals surface area contributed by atoms with Crippen LogP contribution in [0.2, 0.25) is 0 Å². The number of halogens is 3. The van der Waals surface area contributed by atoms with Gasteiger partial charge < -0.3 is 14.5 Å². The van der Waals surface area contributed by atoms with Crippen LogP contribution in [0, 0.1) is 17.5 Å². The van der Waals surface area contributed by atoms with E-state index in [-0.39, 0.29) is 24.1 Å². The van der Waals surface area contributed by atoms with Gasteiger partial charge in [-0.2, -0.15) is 5.10 Å². The maximum absolute atomic E-state index is 14.8. The van der Waals surface area contributed by atoms with Crippen molar-refractivity contribution in [2.75, 3.05) is 0 Å². The molecule has 2 N–H and O–H groups in total. The average molecular weight is 515 g/mol. The molecule has 12 heteroatoms. The van der Waals surface area contributed by atoms with E-state index in [1.54, 1.807) is 46.1 Å². The monoisotopic (exact) mass is 514 g/mol. The summed E-state index contributed by atoms with van der Waals surface area (Å²) in [5.41, 5.74) is 1.43. The van der Waals surface area contributed by atoms with Crippen LogP contribution in [0.4, 0.5) is 18.0 Å². The molecule has 0 bridgehead atoms. The number of nitrogens with one attached hydrogen (secondary N) is 2. The number of fused-ring (bicyclic) bond motifs is 3. The van der Waals surface area contributed by atoms with Crippen LogP contribution < -0.4 is 11.0 Å². The van der Waals surface area contributed by atoms with Crippen molar-refractivity contribution in [3.63, 3.8) is 0 Å². The van der Waals surface area contributed by atoms with E-state index in [4.69, 9.17) is 9.72 Å². The molecule has 0 saturated carbocycles. The molecule has 1 amide bonds. The summed E-state index contributed by atoms with van der Waals surface area (Å²) in [7, 11) is 1.59. The van der Waals surface area contributed by atoms with Gasteiger partial charge in [0.05, 0.1) is 5.69 Å². The fourth-order valence-electron chi connectivity index (χ4n) is 4.73. The summed E-state index contributed by atoms with van der Waals surface area (Å²) < 4.78 is 51.2. The number of aromatic nitrogens is 5. The predicted octanol–water partition coefficient (Wildman–Crippen LogP) is 3.62. The molecule has 5 rings (SSSR count). The van der Waals surface area contributed by atoms with Crippen LogP contribution in [0.3, 0.4) is 0 Å². The molecular weight excluding hydrogens is 489 g/mol. The Labute approximate surface area is 209 Å². The minimum absolute atomic E-state index is 0.0603. The highest BCUT2D eigenvalue weighted by Crippen LogP contribution is 2.36. The van der Waals surface area contributed by atoms with E-state index in [9.17, 15) is 22.8 Å². The molecule has 0 radical (unpaired) electrons. The number of nitrogens with zero attached hydrogens (tertiary/aromatic N) is 4. The van der Waals surface area contributed by atoms with Crippen LogP contribution in [-0.4, -0.2) is 41.9 Å². The average Bonchev–Trinajstić information content (AvgIpc) is 3.33. The first-order valence-electron chi connectivity index (χ1n) is 11.7. The number of hydrogen-bond acceptors (Lipinski definition) is 5. The van der Waals surface area contributed by atoms with Gasteiger partial charge in [-0.25, -0.2) is 32.8 Å². The van der Waals surface area contributed by atoms with Crippen molar-refractivity contribution in [3.05, 3.63) is 75.3 Å². The second-order valence-corrected chi connectivity index (χ2v) is 10.1. The lowest BCUT2D eigenvalue weighted by Gasteiger charge is -2.33. The third kappa shape index (κ3) is 4.58. The number of aromatic amines is 1. The Morgan fingerprint density at radius 3 is 2.54 bits per heavy atom. The fraction of sp³-hybridized carbons (Fsp3) is 0.360. The van der Waals surface area contributed by atoms with E-state index >= 15 is 0 Å². The molecule has 37 heavy (non-hydrogen) atoms. The number of carbonyl (C=O) groups is 1. The smallest absolute Gasteiger partial charge is 0.407 e. The molecule has 1 aliphatic rings. The van der Waals surface area contributed by atoms with Crippen LogP contribution in [-0.2, 0) is 24.6 Å². The second-order valence-electron chi connectivity index (χ2n) is 10.1. The Balaban J connectivity index is 1.57. The summed E-state index contributed by atoms with van der Waals surface area (Å²) in [4.78, 5) is 29.1. The standard InChI is InChI=1S/C25H25F3N6O3/c1-25(2,3)37-24(36)30-18-11-20-19(9-14(18)13-8-16(27)17(28)10-15(13)26)29-21-7-12(5-6-34(20)21)22-31-32-23(35)33(22)4/h5-8,10,14,18H,9,11H2,1-4H3,(H,30,36)(H,32,35)/t14-,18+/m1/s1. The minimum atomic E-state index is -1.29. The van der Waals surface area contributed by atoms with E-state index in [1.165, 1.54) is 4.57 Å². The molecule has 0 unspecified atom stereocenters. The normalized spacial score (nSPS) is 17.6. The van der Waals surface area contributed by atoms with Crippen molar-refractivity contribution in [2.24, 2.45) is 7.05 Å². The maximum Gasteiger partial charge on any atom is 0.407 e. The van der Waals surface area contributed by atoms with Crippen LogP contribution in [0.15, 0.2) is 35.3 Å². The van der Waals surface area contributed by atoms with Gasteiger partial charge in [0.15, 0.2) is 17.5 Å². The number of imidazole rings is 1. The summed E-state index contributed by atoms with van der Waals surface area (Å²) in [5.74, 6) is -3.68. The van der Waals surface area contributed by atoms with Crippen LogP contribution in [0.5, 0.6) is 0 Å². The van der Waals surface area contributed by atoms with Crippen molar-refractivity contribution < 1.29 is 22.7 Å². The quantitative estimate of drug-likeness (QED) is 0.407. The van der Waals surface area contributed by atoms with Crippen molar-refractivity contribution in [1.82, 2.24) is 29.5 Å². The third-order valence-electron chi connectivity index (χ3n) is 6.40. The summed E-state index contributed by atoms with van der Waals surface area (Å²) in [6, 6.07) is 4.19. The second kappa shape index (κ2) is 8.79. The molecule has 1 aromatic carbocycles. The number of hydrogen-bond donors (Lipinski definition) is 2. The lowest BCUT2D eigenvalue weighted by molar-refractivity contribution is 0.0493. The number of pyridine rings is 1. The summed E-state index contributed by atoms with van der Waals surface area (Å²) in [5, 5.41) is 9.23. The Kier molecular flexibility index (Phi) is 5.84. The lowest BCUT2D eigenvalue weighted by Crippen LogP contribution is -2.46. The summed E-state index contributed by atoms with van der Waals surface area (Å²) in [6.45, 7) is 5.15. The highest BCUT2D eigenvalue weighted by molar-refractivity contribution is 5.69. The largest absolute Gasteiger partial charge is 0.444 e. The molecule has 0 aliphatic heterocycles. The Morgan fingerprint density at radius 1 is 1.14 bits per heavy atom. The zero-order valence-corrected chi connectivity index (χ0v) is 20.6. The van der Waals surface area contributed by atoms with Crippen molar-refractivity contribution in [2.45, 2.75) is 51.2 Å². The van der Waals surface area contributed by atoms with E-state index in [2.05, 4.69) is 15.5 Å². The van der Waals surface area contributed by atoms with E-state index in [0.717, 1.165) is 11.8 Å². The van der Waals surface area contributed by atoms with E-state index < -0.39 is 41.1 Å². The van der Waals surface area contributed by atoms with Gasteiger partial charge in [0, 0.05) is 55.4 Å². The SMILES string of the molecule is Cn1c(-c2ccn3c4c(nc3c2)C[C@H](c2cc(F)c(F)cc2F)[C@@H](NC(=O)OC(C)(C)C)C4)n[nH]c1=O. The Bertz CT molecular complexity index is 1580. The van der Waals surface area contributed by atoms with E-state index in [0.29, 0.717) is 28.8 Å². The number of H-pyrrole nitrogens is 1. The zero-order chi connectivity index (χ0) is 26.6. The van der Waals surface area contributed by atoms with Gasteiger partial charge in [0.1, 0.15) is 17.1 Å². The summed E-state index contributed by atoms with van der Waals surface area (Å²) >= 11 is 0. The predicted molar refractivity (Wildman–Crippen MR) is 128 cm³/mol. The number of benzene rings is 1. The highest BCUT2D eigenvalue weighted by atomic mass is 19.2.